The maximum absolute atomic E-state index is 2.55. The molecule has 0 bridgehead atoms. The van der Waals surface area contributed by atoms with Crippen molar-refractivity contribution in [2.75, 3.05) is 0 Å². The van der Waals surface area contributed by atoms with E-state index in [9.17, 15) is 0 Å². The Bertz CT molecular complexity index is 2640. The molecule has 0 N–H and O–H groups in total. The fourth-order valence-electron chi connectivity index (χ4n) is 9.98. The van der Waals surface area contributed by atoms with E-state index in [0.717, 1.165) is 0 Å². The van der Waals surface area contributed by atoms with Crippen LogP contribution in [-0.4, -0.2) is 0 Å². The summed E-state index contributed by atoms with van der Waals surface area (Å²) in [4.78, 5) is 0. The third-order valence-corrected chi connectivity index (χ3v) is 11.9. The molecule has 0 nitrogen and oxygen atoms in total. The predicted molar refractivity (Wildman–Crippen MR) is 201 cm³/mol. The Hall–Kier alpha value is -5.72. The standard InChI is InChI=1S/C48H32/c1-47(2)38-21-9-8-19-36(38)45-35-18-4-3-17-34(35)44(37-20-13-25-42(47)46(37)45)29-26-27-33-32-16-7-12-24-41(32)48(43(33)28-29)39-22-10-5-14-30(39)31-15-6-11-23-40(31)48/h3-28H,1-2H3. The summed E-state index contributed by atoms with van der Waals surface area (Å²) in [6, 6.07) is 59.8. The van der Waals surface area contributed by atoms with Crippen molar-refractivity contribution in [1.29, 1.82) is 0 Å². The first-order valence-electron chi connectivity index (χ1n) is 17.1. The zero-order valence-corrected chi connectivity index (χ0v) is 27.0. The Morgan fingerprint density at radius 1 is 0.333 bits per heavy atom. The number of fused-ring (bicyclic) bond motifs is 14. The lowest BCUT2D eigenvalue weighted by Crippen LogP contribution is -2.25. The second-order valence-electron chi connectivity index (χ2n) is 14.3. The molecule has 0 saturated heterocycles. The highest BCUT2D eigenvalue weighted by molar-refractivity contribution is 6.23. The van der Waals surface area contributed by atoms with Crippen molar-refractivity contribution in [3.8, 4) is 44.5 Å². The highest BCUT2D eigenvalue weighted by Crippen LogP contribution is 2.63. The Morgan fingerprint density at radius 3 is 1.42 bits per heavy atom. The van der Waals surface area contributed by atoms with Crippen LogP contribution in [0.25, 0.3) is 66.1 Å². The summed E-state index contributed by atoms with van der Waals surface area (Å²) < 4.78 is 0. The number of hydrogen-bond donors (Lipinski definition) is 0. The SMILES string of the molecule is CC1(C)c2ccccc2-c2c3ccccc3c(-c3ccc4c(c3)C3(c5ccccc5-c5ccccc53)c3ccccc3-4)c3cccc1c23. The molecule has 0 aromatic heterocycles. The van der Waals surface area contributed by atoms with Crippen LogP contribution in [0.2, 0.25) is 0 Å². The summed E-state index contributed by atoms with van der Waals surface area (Å²) >= 11 is 0. The van der Waals surface area contributed by atoms with Crippen LogP contribution in [0, 0.1) is 0 Å². The monoisotopic (exact) mass is 608 g/mol. The molecule has 224 valence electrons. The second-order valence-corrected chi connectivity index (χ2v) is 14.3. The van der Waals surface area contributed by atoms with Gasteiger partial charge in [-0.15, -0.1) is 0 Å². The van der Waals surface area contributed by atoms with E-state index in [1.165, 1.54) is 99.4 Å². The van der Waals surface area contributed by atoms with Gasteiger partial charge < -0.3 is 0 Å². The molecular formula is C48H32. The molecule has 0 radical (unpaired) electrons. The average Bonchev–Trinajstić information content (AvgIpc) is 3.60. The smallest absolute Gasteiger partial charge is 0.0619 e. The van der Waals surface area contributed by atoms with Gasteiger partial charge in [0, 0.05) is 5.41 Å². The minimum Gasteiger partial charge on any atom is -0.0619 e. The van der Waals surface area contributed by atoms with E-state index >= 15 is 0 Å². The van der Waals surface area contributed by atoms with Crippen LogP contribution in [0.3, 0.4) is 0 Å². The average molecular weight is 609 g/mol. The Kier molecular flexibility index (Phi) is 4.94. The van der Waals surface area contributed by atoms with E-state index in [1.54, 1.807) is 0 Å². The maximum atomic E-state index is 2.55. The topological polar surface area (TPSA) is 0 Å². The van der Waals surface area contributed by atoms with Gasteiger partial charge in [-0.05, 0) is 105 Å². The lowest BCUT2D eigenvalue weighted by atomic mass is 9.67. The lowest BCUT2D eigenvalue weighted by molar-refractivity contribution is 0.645. The first kappa shape index (κ1) is 26.4. The molecule has 0 amide bonds. The van der Waals surface area contributed by atoms with E-state index in [4.69, 9.17) is 0 Å². The van der Waals surface area contributed by atoms with Crippen molar-refractivity contribution in [3.63, 3.8) is 0 Å². The van der Waals surface area contributed by atoms with Crippen molar-refractivity contribution in [2.24, 2.45) is 0 Å². The van der Waals surface area contributed by atoms with Crippen molar-refractivity contribution in [1.82, 2.24) is 0 Å². The van der Waals surface area contributed by atoms with Gasteiger partial charge in [0.05, 0.1) is 5.41 Å². The van der Waals surface area contributed by atoms with Gasteiger partial charge >= 0.3 is 0 Å². The van der Waals surface area contributed by atoms with Gasteiger partial charge in [0.15, 0.2) is 0 Å². The van der Waals surface area contributed by atoms with Gasteiger partial charge in [0.1, 0.15) is 0 Å². The summed E-state index contributed by atoms with van der Waals surface area (Å²) in [5.41, 5.74) is 18.6. The molecule has 0 heteroatoms. The zero-order valence-electron chi connectivity index (χ0n) is 27.0. The van der Waals surface area contributed by atoms with Crippen molar-refractivity contribution < 1.29 is 0 Å². The van der Waals surface area contributed by atoms with Crippen LogP contribution in [0.5, 0.6) is 0 Å². The van der Waals surface area contributed by atoms with Crippen LogP contribution < -0.4 is 0 Å². The van der Waals surface area contributed by atoms with Crippen molar-refractivity contribution in [3.05, 3.63) is 191 Å². The fraction of sp³-hybridized carbons (Fsp3) is 0.0833. The third-order valence-electron chi connectivity index (χ3n) is 11.9. The molecular weight excluding hydrogens is 577 g/mol. The molecule has 0 unspecified atom stereocenters. The summed E-state index contributed by atoms with van der Waals surface area (Å²) in [7, 11) is 0. The van der Waals surface area contributed by atoms with Gasteiger partial charge in [0.25, 0.3) is 0 Å². The minimum absolute atomic E-state index is 0.107. The quantitative estimate of drug-likeness (QED) is 0.163. The third kappa shape index (κ3) is 2.99. The number of hydrogen-bond acceptors (Lipinski definition) is 0. The first-order valence-corrected chi connectivity index (χ1v) is 17.1. The van der Waals surface area contributed by atoms with Gasteiger partial charge in [-0.1, -0.05) is 166 Å². The largest absolute Gasteiger partial charge is 0.0725 e. The van der Waals surface area contributed by atoms with Gasteiger partial charge in [-0.3, -0.25) is 0 Å². The molecule has 8 aromatic carbocycles. The number of rotatable bonds is 1. The van der Waals surface area contributed by atoms with E-state index in [2.05, 4.69) is 172 Å². The van der Waals surface area contributed by atoms with Crippen LogP contribution in [0.4, 0.5) is 0 Å². The maximum Gasteiger partial charge on any atom is 0.0725 e. The van der Waals surface area contributed by atoms with Crippen LogP contribution >= 0.6 is 0 Å². The molecule has 3 aliphatic rings. The Balaban J connectivity index is 1.29. The number of benzene rings is 8. The highest BCUT2D eigenvalue weighted by atomic mass is 14.5. The molecule has 0 saturated carbocycles. The van der Waals surface area contributed by atoms with Crippen molar-refractivity contribution >= 4 is 21.5 Å². The fourth-order valence-corrected chi connectivity index (χ4v) is 9.98. The second kappa shape index (κ2) is 9.00. The molecule has 48 heavy (non-hydrogen) atoms. The van der Waals surface area contributed by atoms with Gasteiger partial charge in [0.2, 0.25) is 0 Å². The molecule has 0 heterocycles. The molecule has 1 spiro atoms. The van der Waals surface area contributed by atoms with Gasteiger partial charge in [-0.25, -0.2) is 0 Å². The zero-order chi connectivity index (χ0) is 31.8. The minimum atomic E-state index is -0.363. The summed E-state index contributed by atoms with van der Waals surface area (Å²) in [6.45, 7) is 4.79. The molecule has 0 atom stereocenters. The van der Waals surface area contributed by atoms with Crippen LogP contribution in [0.1, 0.15) is 47.2 Å². The van der Waals surface area contributed by atoms with E-state index < -0.39 is 0 Å². The van der Waals surface area contributed by atoms with E-state index in [1.807, 2.05) is 0 Å². The molecule has 11 rings (SSSR count). The molecule has 3 aliphatic carbocycles. The molecule has 0 fully saturated rings. The van der Waals surface area contributed by atoms with E-state index in [-0.39, 0.29) is 10.8 Å². The summed E-state index contributed by atoms with van der Waals surface area (Å²) in [5, 5.41) is 5.36. The summed E-state index contributed by atoms with van der Waals surface area (Å²) in [6.07, 6.45) is 0. The lowest BCUT2D eigenvalue weighted by Gasteiger charge is -2.36. The normalized spacial score (nSPS) is 15.2. The Labute approximate surface area is 281 Å². The molecule has 0 aliphatic heterocycles. The van der Waals surface area contributed by atoms with Crippen molar-refractivity contribution in [2.45, 2.75) is 24.7 Å². The van der Waals surface area contributed by atoms with E-state index in [0.29, 0.717) is 0 Å². The summed E-state index contributed by atoms with van der Waals surface area (Å²) in [5.74, 6) is 0. The molecule has 8 aromatic rings. The highest BCUT2D eigenvalue weighted by Gasteiger charge is 2.51. The van der Waals surface area contributed by atoms with Gasteiger partial charge in [-0.2, -0.15) is 0 Å². The van der Waals surface area contributed by atoms with Crippen LogP contribution in [0.15, 0.2) is 158 Å². The first-order chi connectivity index (χ1) is 23.6. The Morgan fingerprint density at radius 2 is 0.792 bits per heavy atom. The van der Waals surface area contributed by atoms with Crippen LogP contribution in [-0.2, 0) is 10.8 Å². The predicted octanol–water partition coefficient (Wildman–Crippen LogP) is 12.3.